The lowest BCUT2D eigenvalue weighted by molar-refractivity contribution is 1.47. The normalized spacial score (nSPS) is 9.44. The Labute approximate surface area is 108 Å². The maximum Gasteiger partial charge on any atom is 0.0577 e. The molecule has 0 amide bonds. The predicted molar refractivity (Wildman–Crippen MR) is 80.0 cm³/mol. The van der Waals surface area contributed by atoms with E-state index in [0.29, 0.717) is 11.4 Å². The van der Waals surface area contributed by atoms with Gasteiger partial charge in [0.1, 0.15) is 0 Å². The molecule has 0 aromatic heterocycles. The average molecular weight is 244 g/mol. The van der Waals surface area contributed by atoms with Crippen LogP contribution in [-0.4, -0.2) is 0 Å². The number of nitrogens with two attached hydrogens (primary N) is 4. The van der Waals surface area contributed by atoms with Crippen LogP contribution >= 0.6 is 0 Å². The van der Waals surface area contributed by atoms with Gasteiger partial charge in [-0.1, -0.05) is 18.2 Å². The van der Waals surface area contributed by atoms with E-state index in [9.17, 15) is 0 Å². The molecule has 4 heteroatoms. The predicted octanol–water partition coefficient (Wildman–Crippen LogP) is 2.32. The maximum atomic E-state index is 5.56. The molecule has 0 saturated carbocycles. The quantitative estimate of drug-likeness (QED) is 0.534. The van der Waals surface area contributed by atoms with Gasteiger partial charge in [-0.2, -0.15) is 0 Å². The molecular weight excluding hydrogens is 224 g/mol. The smallest absolute Gasteiger partial charge is 0.0577 e. The second kappa shape index (κ2) is 5.82. The summed E-state index contributed by atoms with van der Waals surface area (Å²) >= 11 is 0. The van der Waals surface area contributed by atoms with E-state index in [4.69, 9.17) is 22.9 Å². The van der Waals surface area contributed by atoms with Crippen molar-refractivity contribution in [3.63, 3.8) is 0 Å². The van der Waals surface area contributed by atoms with Crippen molar-refractivity contribution in [2.45, 2.75) is 13.8 Å². The molecule has 0 aliphatic carbocycles. The van der Waals surface area contributed by atoms with Gasteiger partial charge in [-0.3, -0.25) is 0 Å². The molecule has 0 aliphatic heterocycles. The fraction of sp³-hybridized carbons (Fsp3) is 0.143. The van der Waals surface area contributed by atoms with Gasteiger partial charge in [-0.05, 0) is 43.2 Å². The molecule has 0 atom stereocenters. The monoisotopic (exact) mass is 244 g/mol. The summed E-state index contributed by atoms with van der Waals surface area (Å²) in [6, 6.07) is 11.1. The summed E-state index contributed by atoms with van der Waals surface area (Å²) in [5, 5.41) is 0. The van der Waals surface area contributed by atoms with E-state index >= 15 is 0 Å². The highest BCUT2D eigenvalue weighted by Gasteiger charge is 1.93. The molecule has 0 spiro atoms. The highest BCUT2D eigenvalue weighted by atomic mass is 14.7. The number of anilines is 4. The van der Waals surface area contributed by atoms with Crippen LogP contribution in [0.25, 0.3) is 0 Å². The van der Waals surface area contributed by atoms with Crippen LogP contribution in [0.5, 0.6) is 0 Å². The molecule has 0 saturated heterocycles. The van der Waals surface area contributed by atoms with Crippen LogP contribution in [0.2, 0.25) is 0 Å². The first-order valence-corrected chi connectivity index (χ1v) is 5.64. The molecule has 2 aromatic rings. The Balaban J connectivity index is 0.000000180. The van der Waals surface area contributed by atoms with E-state index < -0.39 is 0 Å². The van der Waals surface area contributed by atoms with Gasteiger partial charge in [0.05, 0.1) is 11.4 Å². The Morgan fingerprint density at radius 1 is 0.722 bits per heavy atom. The maximum absolute atomic E-state index is 5.56. The molecule has 0 fully saturated rings. The summed E-state index contributed by atoms with van der Waals surface area (Å²) in [6.45, 7) is 3.89. The Hall–Kier alpha value is -2.36. The van der Waals surface area contributed by atoms with Crippen molar-refractivity contribution in [1.82, 2.24) is 0 Å². The number of hydrogen-bond donors (Lipinski definition) is 4. The van der Waals surface area contributed by atoms with Crippen LogP contribution in [0, 0.1) is 13.8 Å². The Morgan fingerprint density at radius 2 is 1.39 bits per heavy atom. The molecule has 4 nitrogen and oxygen atoms in total. The first kappa shape index (κ1) is 13.7. The van der Waals surface area contributed by atoms with Crippen LogP contribution in [0.4, 0.5) is 22.7 Å². The highest BCUT2D eigenvalue weighted by molar-refractivity contribution is 5.66. The van der Waals surface area contributed by atoms with Crippen LogP contribution in [0.1, 0.15) is 11.1 Å². The lowest BCUT2D eigenvalue weighted by Gasteiger charge is -2.00. The Bertz CT molecular complexity index is 515. The van der Waals surface area contributed by atoms with E-state index in [-0.39, 0.29) is 0 Å². The van der Waals surface area contributed by atoms with E-state index in [1.807, 2.05) is 38.1 Å². The van der Waals surface area contributed by atoms with E-state index in [1.165, 1.54) is 0 Å². The van der Waals surface area contributed by atoms with E-state index in [2.05, 4.69) is 0 Å². The molecule has 0 unspecified atom stereocenters. The number of aryl methyl sites for hydroxylation is 2. The second-order valence-corrected chi connectivity index (χ2v) is 4.19. The third kappa shape index (κ3) is 3.59. The minimum Gasteiger partial charge on any atom is -0.399 e. The molecule has 96 valence electrons. The van der Waals surface area contributed by atoms with Crippen molar-refractivity contribution >= 4 is 22.7 Å². The van der Waals surface area contributed by atoms with Crippen LogP contribution < -0.4 is 22.9 Å². The number of nitrogen functional groups attached to an aromatic ring is 4. The van der Waals surface area contributed by atoms with Crippen LogP contribution in [0.3, 0.4) is 0 Å². The highest BCUT2D eigenvalue weighted by Crippen LogP contribution is 2.17. The van der Waals surface area contributed by atoms with Gasteiger partial charge in [0, 0.05) is 11.4 Å². The summed E-state index contributed by atoms with van der Waals surface area (Å²) in [5.74, 6) is 0. The van der Waals surface area contributed by atoms with E-state index in [0.717, 1.165) is 22.5 Å². The topological polar surface area (TPSA) is 104 Å². The van der Waals surface area contributed by atoms with Crippen molar-refractivity contribution in [3.05, 3.63) is 47.5 Å². The lowest BCUT2D eigenvalue weighted by atomic mass is 10.2. The number of hydrogen-bond acceptors (Lipinski definition) is 4. The second-order valence-electron chi connectivity index (χ2n) is 4.19. The van der Waals surface area contributed by atoms with Gasteiger partial charge >= 0.3 is 0 Å². The van der Waals surface area contributed by atoms with Gasteiger partial charge in [0.2, 0.25) is 0 Å². The molecule has 0 heterocycles. The zero-order valence-corrected chi connectivity index (χ0v) is 10.8. The molecule has 2 aromatic carbocycles. The summed E-state index contributed by atoms with van der Waals surface area (Å²) in [7, 11) is 0. The molecule has 0 radical (unpaired) electrons. The molecular formula is C14H20N4. The van der Waals surface area contributed by atoms with Gasteiger partial charge in [0.15, 0.2) is 0 Å². The molecule has 2 rings (SSSR count). The summed E-state index contributed by atoms with van der Waals surface area (Å²) in [4.78, 5) is 0. The SMILES string of the molecule is Cc1ccc(N)cc1N.Cc1cccc(N)c1N. The Morgan fingerprint density at radius 3 is 1.83 bits per heavy atom. The van der Waals surface area contributed by atoms with Crippen molar-refractivity contribution in [3.8, 4) is 0 Å². The fourth-order valence-corrected chi connectivity index (χ4v) is 1.36. The van der Waals surface area contributed by atoms with Crippen molar-refractivity contribution in [2.24, 2.45) is 0 Å². The first-order chi connectivity index (χ1) is 8.41. The van der Waals surface area contributed by atoms with Gasteiger partial charge in [-0.25, -0.2) is 0 Å². The minimum atomic E-state index is 0.662. The van der Waals surface area contributed by atoms with Crippen LogP contribution in [0.15, 0.2) is 36.4 Å². The third-order valence-corrected chi connectivity index (χ3v) is 2.66. The minimum absolute atomic E-state index is 0.662. The standard InChI is InChI=1S/2C7H10N2/c1-5-2-3-6(8)4-7(5)9;1-5-3-2-4-6(8)7(5)9/h2*2-4H,8-9H2,1H3. The van der Waals surface area contributed by atoms with Gasteiger partial charge in [-0.15, -0.1) is 0 Å². The fourth-order valence-electron chi connectivity index (χ4n) is 1.36. The first-order valence-electron chi connectivity index (χ1n) is 5.64. The number of para-hydroxylation sites is 1. The number of benzene rings is 2. The molecule has 18 heavy (non-hydrogen) atoms. The van der Waals surface area contributed by atoms with Crippen LogP contribution in [-0.2, 0) is 0 Å². The number of rotatable bonds is 0. The van der Waals surface area contributed by atoms with E-state index in [1.54, 1.807) is 12.1 Å². The van der Waals surface area contributed by atoms with Crippen molar-refractivity contribution in [1.29, 1.82) is 0 Å². The molecule has 0 bridgehead atoms. The average Bonchev–Trinajstić information content (AvgIpc) is 2.32. The zero-order chi connectivity index (χ0) is 13.7. The lowest BCUT2D eigenvalue weighted by Crippen LogP contribution is -1.95. The summed E-state index contributed by atoms with van der Waals surface area (Å²) in [6.07, 6.45) is 0. The third-order valence-electron chi connectivity index (χ3n) is 2.66. The van der Waals surface area contributed by atoms with Crippen molar-refractivity contribution in [2.75, 3.05) is 22.9 Å². The summed E-state index contributed by atoms with van der Waals surface area (Å²) < 4.78 is 0. The Kier molecular flexibility index (Phi) is 4.43. The summed E-state index contributed by atoms with van der Waals surface area (Å²) in [5.41, 5.74) is 27.0. The molecule has 0 aliphatic rings. The van der Waals surface area contributed by atoms with Crippen molar-refractivity contribution < 1.29 is 0 Å². The molecule has 8 N–H and O–H groups in total. The van der Waals surface area contributed by atoms with Gasteiger partial charge in [0.25, 0.3) is 0 Å². The largest absolute Gasteiger partial charge is 0.399 e. The van der Waals surface area contributed by atoms with Gasteiger partial charge < -0.3 is 22.9 Å². The zero-order valence-electron chi connectivity index (χ0n) is 10.8.